The van der Waals surface area contributed by atoms with Crippen LogP contribution in [0.1, 0.15) is 23.2 Å². The van der Waals surface area contributed by atoms with E-state index in [4.69, 9.17) is 4.74 Å². The molecule has 1 amide bonds. The molecule has 0 radical (unpaired) electrons. The van der Waals surface area contributed by atoms with Crippen LogP contribution in [0.25, 0.3) is 10.9 Å². The molecular weight excluding hydrogens is 240 g/mol. The van der Waals surface area contributed by atoms with Gasteiger partial charge in [-0.25, -0.2) is 0 Å². The Balaban J connectivity index is 1.79. The van der Waals surface area contributed by atoms with Crippen LogP contribution in [0.3, 0.4) is 0 Å². The molecule has 19 heavy (non-hydrogen) atoms. The van der Waals surface area contributed by atoms with E-state index in [2.05, 4.69) is 5.32 Å². The van der Waals surface area contributed by atoms with Gasteiger partial charge in [0.2, 0.25) is 0 Å². The zero-order valence-corrected chi connectivity index (χ0v) is 11.1. The standard InChI is InChI=1S/C15H18N2O2/c1-17-8-7-11-4-2-6-13(14(11)17)15(18)16-10-12-5-3-9-19-12/h2,4,6-8,12H,3,5,9-10H2,1H3,(H,16,18). The predicted octanol–water partition coefficient (Wildman–Crippen LogP) is 2.09. The summed E-state index contributed by atoms with van der Waals surface area (Å²) in [7, 11) is 1.96. The summed E-state index contributed by atoms with van der Waals surface area (Å²) in [6.07, 6.45) is 4.28. The maximum absolute atomic E-state index is 12.3. The molecule has 1 saturated heterocycles. The van der Waals surface area contributed by atoms with Crippen molar-refractivity contribution in [2.75, 3.05) is 13.2 Å². The maximum atomic E-state index is 12.3. The Kier molecular flexibility index (Phi) is 3.25. The molecule has 1 aliphatic heterocycles. The van der Waals surface area contributed by atoms with Gasteiger partial charge in [-0.05, 0) is 25.0 Å². The summed E-state index contributed by atoms with van der Waals surface area (Å²) < 4.78 is 7.50. The fourth-order valence-electron chi connectivity index (χ4n) is 2.65. The topological polar surface area (TPSA) is 43.3 Å². The fraction of sp³-hybridized carbons (Fsp3) is 0.400. The van der Waals surface area contributed by atoms with Gasteiger partial charge in [0, 0.05) is 31.8 Å². The number of benzene rings is 1. The number of rotatable bonds is 3. The molecule has 1 N–H and O–H groups in total. The molecule has 3 rings (SSSR count). The van der Waals surface area contributed by atoms with E-state index in [-0.39, 0.29) is 12.0 Å². The van der Waals surface area contributed by atoms with Crippen LogP contribution < -0.4 is 5.32 Å². The van der Waals surface area contributed by atoms with Crippen molar-refractivity contribution in [2.24, 2.45) is 7.05 Å². The number of ether oxygens (including phenoxy) is 1. The van der Waals surface area contributed by atoms with E-state index in [9.17, 15) is 4.79 Å². The van der Waals surface area contributed by atoms with Crippen LogP contribution in [0.5, 0.6) is 0 Å². The first-order chi connectivity index (χ1) is 9.25. The molecule has 1 aliphatic rings. The minimum absolute atomic E-state index is 0.0251. The molecule has 1 aromatic heterocycles. The zero-order valence-electron chi connectivity index (χ0n) is 11.1. The molecule has 1 atom stereocenters. The second-order valence-electron chi connectivity index (χ2n) is 5.02. The van der Waals surface area contributed by atoms with E-state index in [0.717, 1.165) is 35.9 Å². The molecular formula is C15H18N2O2. The van der Waals surface area contributed by atoms with Crippen molar-refractivity contribution in [3.05, 3.63) is 36.0 Å². The Hall–Kier alpha value is -1.81. The second-order valence-corrected chi connectivity index (χ2v) is 5.02. The Morgan fingerprint density at radius 2 is 2.37 bits per heavy atom. The van der Waals surface area contributed by atoms with Crippen molar-refractivity contribution in [3.8, 4) is 0 Å². The molecule has 4 nitrogen and oxygen atoms in total. The number of aryl methyl sites for hydroxylation is 1. The number of nitrogens with zero attached hydrogens (tertiary/aromatic N) is 1. The quantitative estimate of drug-likeness (QED) is 0.916. The van der Waals surface area contributed by atoms with E-state index in [1.165, 1.54) is 0 Å². The average Bonchev–Trinajstić information content (AvgIpc) is 3.06. The smallest absolute Gasteiger partial charge is 0.253 e. The molecule has 2 heterocycles. The molecule has 4 heteroatoms. The third-order valence-corrected chi connectivity index (χ3v) is 3.66. The van der Waals surface area contributed by atoms with Crippen LogP contribution in [0, 0.1) is 0 Å². The summed E-state index contributed by atoms with van der Waals surface area (Å²) >= 11 is 0. The second kappa shape index (κ2) is 5.05. The number of para-hydroxylation sites is 1. The van der Waals surface area contributed by atoms with Gasteiger partial charge in [-0.15, -0.1) is 0 Å². The van der Waals surface area contributed by atoms with Gasteiger partial charge in [0.05, 0.1) is 17.2 Å². The first kappa shape index (κ1) is 12.2. The Morgan fingerprint density at radius 3 is 3.16 bits per heavy atom. The Bertz CT molecular complexity index is 597. The molecule has 1 unspecified atom stereocenters. The third kappa shape index (κ3) is 2.36. The van der Waals surface area contributed by atoms with Crippen molar-refractivity contribution in [1.29, 1.82) is 0 Å². The van der Waals surface area contributed by atoms with Crippen LogP contribution in [0.4, 0.5) is 0 Å². The molecule has 0 aliphatic carbocycles. The monoisotopic (exact) mass is 258 g/mol. The number of amides is 1. The van der Waals surface area contributed by atoms with Crippen molar-refractivity contribution < 1.29 is 9.53 Å². The summed E-state index contributed by atoms with van der Waals surface area (Å²) in [5, 5.41) is 4.06. The van der Waals surface area contributed by atoms with Gasteiger partial charge in [-0.2, -0.15) is 0 Å². The van der Waals surface area contributed by atoms with Crippen molar-refractivity contribution in [2.45, 2.75) is 18.9 Å². The Labute approximate surface area is 112 Å². The van der Waals surface area contributed by atoms with Gasteiger partial charge in [0.1, 0.15) is 0 Å². The highest BCUT2D eigenvalue weighted by Gasteiger charge is 2.18. The SMILES string of the molecule is Cn1ccc2cccc(C(=O)NCC3CCCO3)c21. The Morgan fingerprint density at radius 1 is 1.47 bits per heavy atom. The minimum Gasteiger partial charge on any atom is -0.376 e. The van der Waals surface area contributed by atoms with Gasteiger partial charge in [-0.3, -0.25) is 4.79 Å². The fourth-order valence-corrected chi connectivity index (χ4v) is 2.65. The minimum atomic E-state index is -0.0251. The highest BCUT2D eigenvalue weighted by atomic mass is 16.5. The molecule has 0 spiro atoms. The number of carbonyl (C=O) groups is 1. The first-order valence-corrected chi connectivity index (χ1v) is 6.69. The predicted molar refractivity (Wildman–Crippen MR) is 74.2 cm³/mol. The van der Waals surface area contributed by atoms with Crippen LogP contribution in [0.15, 0.2) is 30.5 Å². The third-order valence-electron chi connectivity index (χ3n) is 3.66. The van der Waals surface area contributed by atoms with E-state index in [1.54, 1.807) is 0 Å². The number of nitrogens with one attached hydrogen (secondary N) is 1. The summed E-state index contributed by atoms with van der Waals surface area (Å²) in [6, 6.07) is 7.83. The lowest BCUT2D eigenvalue weighted by atomic mass is 10.1. The van der Waals surface area contributed by atoms with Gasteiger partial charge < -0.3 is 14.6 Å². The lowest BCUT2D eigenvalue weighted by molar-refractivity contribution is 0.0859. The number of hydrogen-bond donors (Lipinski definition) is 1. The van der Waals surface area contributed by atoms with Crippen LogP contribution in [-0.4, -0.2) is 29.7 Å². The van der Waals surface area contributed by atoms with Gasteiger partial charge in [0.15, 0.2) is 0 Å². The van der Waals surface area contributed by atoms with Crippen molar-refractivity contribution >= 4 is 16.8 Å². The summed E-state index contributed by atoms with van der Waals surface area (Å²) in [5.41, 5.74) is 1.70. The van der Waals surface area contributed by atoms with E-state index in [1.807, 2.05) is 42.1 Å². The van der Waals surface area contributed by atoms with Crippen molar-refractivity contribution in [1.82, 2.24) is 9.88 Å². The van der Waals surface area contributed by atoms with Crippen LogP contribution in [-0.2, 0) is 11.8 Å². The molecule has 100 valence electrons. The molecule has 0 bridgehead atoms. The molecule has 2 aromatic rings. The molecule has 0 saturated carbocycles. The molecule has 1 fully saturated rings. The summed E-state index contributed by atoms with van der Waals surface area (Å²) in [5.74, 6) is -0.0251. The number of fused-ring (bicyclic) bond motifs is 1. The van der Waals surface area contributed by atoms with E-state index >= 15 is 0 Å². The lowest BCUT2D eigenvalue weighted by Crippen LogP contribution is -2.32. The normalized spacial score (nSPS) is 18.9. The number of hydrogen-bond acceptors (Lipinski definition) is 2. The van der Waals surface area contributed by atoms with Gasteiger partial charge >= 0.3 is 0 Å². The zero-order chi connectivity index (χ0) is 13.2. The summed E-state index contributed by atoms with van der Waals surface area (Å²) in [6.45, 7) is 1.41. The largest absolute Gasteiger partial charge is 0.376 e. The van der Waals surface area contributed by atoms with Crippen molar-refractivity contribution in [3.63, 3.8) is 0 Å². The van der Waals surface area contributed by atoms with Crippen LogP contribution in [0.2, 0.25) is 0 Å². The van der Waals surface area contributed by atoms with Gasteiger partial charge in [-0.1, -0.05) is 12.1 Å². The first-order valence-electron chi connectivity index (χ1n) is 6.69. The average molecular weight is 258 g/mol. The number of carbonyl (C=O) groups excluding carboxylic acids is 1. The number of aromatic nitrogens is 1. The van der Waals surface area contributed by atoms with Crippen LogP contribution >= 0.6 is 0 Å². The lowest BCUT2D eigenvalue weighted by Gasteiger charge is -2.12. The highest BCUT2D eigenvalue weighted by molar-refractivity contribution is 6.05. The van der Waals surface area contributed by atoms with E-state index < -0.39 is 0 Å². The highest BCUT2D eigenvalue weighted by Crippen LogP contribution is 2.19. The summed E-state index contributed by atoms with van der Waals surface area (Å²) in [4.78, 5) is 12.3. The van der Waals surface area contributed by atoms with Gasteiger partial charge in [0.25, 0.3) is 5.91 Å². The molecule has 1 aromatic carbocycles. The maximum Gasteiger partial charge on any atom is 0.253 e. The van der Waals surface area contributed by atoms with E-state index in [0.29, 0.717) is 6.54 Å².